The van der Waals surface area contributed by atoms with Crippen LogP contribution in [0.5, 0.6) is 0 Å². The van der Waals surface area contributed by atoms with Crippen LogP contribution >= 0.6 is 27.5 Å². The molecule has 1 aromatic rings. The molecule has 0 aromatic carbocycles. The first-order valence-corrected chi connectivity index (χ1v) is 6.45. The van der Waals surface area contributed by atoms with E-state index in [0.717, 1.165) is 23.0 Å². The molecule has 0 saturated carbocycles. The van der Waals surface area contributed by atoms with Gasteiger partial charge in [-0.3, -0.25) is 4.79 Å². The lowest BCUT2D eigenvalue weighted by Crippen LogP contribution is -2.12. The molecule has 0 atom stereocenters. The summed E-state index contributed by atoms with van der Waals surface area (Å²) in [5.41, 5.74) is 0.860. The highest BCUT2D eigenvalue weighted by Gasteiger charge is 2.04. The quantitative estimate of drug-likeness (QED) is 0.668. The van der Waals surface area contributed by atoms with Crippen LogP contribution in [0.25, 0.3) is 0 Å². The Morgan fingerprint density at radius 1 is 1.50 bits per heavy atom. The summed E-state index contributed by atoms with van der Waals surface area (Å²) in [6.07, 6.45) is 2.16. The number of rotatable bonds is 5. The minimum atomic E-state index is -0.0145. The summed E-state index contributed by atoms with van der Waals surface area (Å²) in [7, 11) is 0. The smallest absolute Gasteiger partial charge is 0.225 e. The monoisotopic (exact) mass is 304 g/mol. The summed E-state index contributed by atoms with van der Waals surface area (Å²) in [6.45, 7) is 1.88. The summed E-state index contributed by atoms with van der Waals surface area (Å²) in [5.74, 6) is 1.18. The lowest BCUT2D eigenvalue weighted by molar-refractivity contribution is -0.116. The van der Waals surface area contributed by atoms with Crippen LogP contribution in [0.4, 0.5) is 5.82 Å². The van der Waals surface area contributed by atoms with Crippen molar-refractivity contribution in [3.05, 3.63) is 22.3 Å². The molecule has 1 rings (SSSR count). The van der Waals surface area contributed by atoms with Crippen molar-refractivity contribution in [1.29, 1.82) is 0 Å². The van der Waals surface area contributed by atoms with Crippen LogP contribution in [0.15, 0.2) is 16.6 Å². The van der Waals surface area contributed by atoms with Gasteiger partial charge < -0.3 is 5.32 Å². The van der Waals surface area contributed by atoms with Gasteiger partial charge in [0.15, 0.2) is 0 Å². The standard InChI is InChI=1S/C11H14BrClN2O/c1-8-9(12)5-6-10(14-8)15-11(16)4-2-3-7-13/h5-6H,2-4,7H2,1H3,(H,14,15,16). The fourth-order valence-corrected chi connectivity index (χ4v) is 1.61. The Bertz CT molecular complexity index is 371. The molecule has 88 valence electrons. The number of aryl methyl sites for hydroxylation is 1. The van der Waals surface area contributed by atoms with Crippen molar-refractivity contribution < 1.29 is 4.79 Å². The third-order valence-corrected chi connectivity index (χ3v) is 3.18. The molecule has 5 heteroatoms. The van der Waals surface area contributed by atoms with Crippen molar-refractivity contribution >= 4 is 39.3 Å². The van der Waals surface area contributed by atoms with Crippen molar-refractivity contribution in [3.63, 3.8) is 0 Å². The number of nitrogens with one attached hydrogen (secondary N) is 1. The minimum Gasteiger partial charge on any atom is -0.311 e. The molecule has 1 N–H and O–H groups in total. The molecular weight excluding hydrogens is 291 g/mol. The van der Waals surface area contributed by atoms with Gasteiger partial charge in [-0.15, -0.1) is 11.6 Å². The van der Waals surface area contributed by atoms with Gasteiger partial charge in [0.2, 0.25) is 5.91 Å². The average molecular weight is 306 g/mol. The number of amides is 1. The Morgan fingerprint density at radius 3 is 2.88 bits per heavy atom. The molecule has 0 aliphatic rings. The normalized spacial score (nSPS) is 10.2. The van der Waals surface area contributed by atoms with Crippen molar-refractivity contribution in [3.8, 4) is 0 Å². The van der Waals surface area contributed by atoms with Crippen molar-refractivity contribution in [1.82, 2.24) is 4.98 Å². The number of alkyl halides is 1. The first-order chi connectivity index (χ1) is 7.63. The molecule has 0 aliphatic carbocycles. The van der Waals surface area contributed by atoms with E-state index in [4.69, 9.17) is 11.6 Å². The zero-order chi connectivity index (χ0) is 12.0. The van der Waals surface area contributed by atoms with E-state index >= 15 is 0 Å². The number of aromatic nitrogens is 1. The molecule has 3 nitrogen and oxygen atoms in total. The molecule has 0 radical (unpaired) electrons. The predicted molar refractivity (Wildman–Crippen MR) is 69.9 cm³/mol. The molecule has 0 fully saturated rings. The van der Waals surface area contributed by atoms with Gasteiger partial charge in [-0.25, -0.2) is 4.98 Å². The first-order valence-electron chi connectivity index (χ1n) is 5.12. The molecule has 1 heterocycles. The van der Waals surface area contributed by atoms with Crippen LogP contribution < -0.4 is 5.32 Å². The van der Waals surface area contributed by atoms with Crippen LogP contribution in [-0.2, 0) is 4.79 Å². The Balaban J connectivity index is 2.46. The highest BCUT2D eigenvalue weighted by Crippen LogP contribution is 2.16. The van der Waals surface area contributed by atoms with E-state index in [-0.39, 0.29) is 5.91 Å². The largest absolute Gasteiger partial charge is 0.311 e. The number of halogens is 2. The third kappa shape index (κ3) is 4.49. The SMILES string of the molecule is Cc1nc(NC(=O)CCCCCl)ccc1Br. The van der Waals surface area contributed by atoms with Gasteiger partial charge in [-0.2, -0.15) is 0 Å². The van der Waals surface area contributed by atoms with Crippen LogP contribution in [0, 0.1) is 6.92 Å². The van der Waals surface area contributed by atoms with Gasteiger partial charge in [0.05, 0.1) is 5.69 Å². The van der Waals surface area contributed by atoms with E-state index < -0.39 is 0 Å². The van der Waals surface area contributed by atoms with Crippen molar-refractivity contribution in [2.45, 2.75) is 26.2 Å². The van der Waals surface area contributed by atoms with E-state index in [1.165, 1.54) is 0 Å². The molecule has 0 unspecified atom stereocenters. The maximum Gasteiger partial charge on any atom is 0.225 e. The fourth-order valence-electron chi connectivity index (χ4n) is 1.20. The Labute approximate surface area is 109 Å². The first kappa shape index (κ1) is 13.5. The number of carbonyl (C=O) groups is 1. The molecule has 1 aromatic heterocycles. The van der Waals surface area contributed by atoms with Gasteiger partial charge in [-0.05, 0) is 47.8 Å². The van der Waals surface area contributed by atoms with Crippen molar-refractivity contribution in [2.75, 3.05) is 11.2 Å². The zero-order valence-electron chi connectivity index (χ0n) is 9.09. The molecule has 1 amide bonds. The Hall–Kier alpha value is -0.610. The minimum absolute atomic E-state index is 0.0145. The lowest BCUT2D eigenvalue weighted by atomic mass is 10.2. The second kappa shape index (κ2) is 6.86. The van der Waals surface area contributed by atoms with Crippen LogP contribution in [-0.4, -0.2) is 16.8 Å². The molecule has 0 spiro atoms. The van der Waals surface area contributed by atoms with E-state index in [2.05, 4.69) is 26.2 Å². The van der Waals surface area contributed by atoms with Crippen molar-refractivity contribution in [2.24, 2.45) is 0 Å². The van der Waals surface area contributed by atoms with E-state index in [9.17, 15) is 4.79 Å². The maximum absolute atomic E-state index is 11.5. The van der Waals surface area contributed by atoms with Gasteiger partial charge >= 0.3 is 0 Å². The number of nitrogens with zero attached hydrogens (tertiary/aromatic N) is 1. The predicted octanol–water partition coefficient (Wildman–Crippen LogP) is 3.50. The molecule has 0 bridgehead atoms. The number of hydrogen-bond donors (Lipinski definition) is 1. The summed E-state index contributed by atoms with van der Waals surface area (Å²) in [5, 5.41) is 2.75. The summed E-state index contributed by atoms with van der Waals surface area (Å²) < 4.78 is 0.938. The topological polar surface area (TPSA) is 42.0 Å². The number of pyridine rings is 1. The van der Waals surface area contributed by atoms with Crippen LogP contribution in [0.2, 0.25) is 0 Å². The van der Waals surface area contributed by atoms with Crippen LogP contribution in [0.1, 0.15) is 25.0 Å². The molecule has 0 saturated heterocycles. The fraction of sp³-hybridized carbons (Fsp3) is 0.455. The highest BCUT2D eigenvalue weighted by atomic mass is 79.9. The van der Waals surface area contributed by atoms with Gasteiger partial charge in [0, 0.05) is 16.8 Å². The van der Waals surface area contributed by atoms with E-state index in [1.807, 2.05) is 13.0 Å². The second-order valence-electron chi connectivity index (χ2n) is 3.46. The maximum atomic E-state index is 11.5. The van der Waals surface area contributed by atoms with E-state index in [1.54, 1.807) is 6.07 Å². The number of hydrogen-bond acceptors (Lipinski definition) is 2. The molecule has 0 aliphatic heterocycles. The van der Waals surface area contributed by atoms with E-state index in [0.29, 0.717) is 18.1 Å². The molecular formula is C11H14BrClN2O. The Morgan fingerprint density at radius 2 is 2.25 bits per heavy atom. The number of carbonyl (C=O) groups excluding carboxylic acids is 1. The highest BCUT2D eigenvalue weighted by molar-refractivity contribution is 9.10. The number of anilines is 1. The second-order valence-corrected chi connectivity index (χ2v) is 4.69. The van der Waals surface area contributed by atoms with Crippen LogP contribution in [0.3, 0.4) is 0 Å². The number of unbranched alkanes of at least 4 members (excludes halogenated alkanes) is 1. The zero-order valence-corrected chi connectivity index (χ0v) is 11.4. The summed E-state index contributed by atoms with van der Waals surface area (Å²) in [6, 6.07) is 3.65. The summed E-state index contributed by atoms with van der Waals surface area (Å²) in [4.78, 5) is 15.7. The summed E-state index contributed by atoms with van der Waals surface area (Å²) >= 11 is 8.89. The Kier molecular flexibility index (Phi) is 5.77. The third-order valence-electron chi connectivity index (χ3n) is 2.08. The lowest BCUT2D eigenvalue weighted by Gasteiger charge is -2.05. The molecule has 16 heavy (non-hydrogen) atoms. The average Bonchev–Trinajstić information content (AvgIpc) is 2.24. The van der Waals surface area contributed by atoms with Gasteiger partial charge in [0.1, 0.15) is 5.82 Å². The van der Waals surface area contributed by atoms with Gasteiger partial charge in [-0.1, -0.05) is 0 Å². The van der Waals surface area contributed by atoms with Gasteiger partial charge in [0.25, 0.3) is 0 Å².